The highest BCUT2D eigenvalue weighted by molar-refractivity contribution is 5.97. The summed E-state index contributed by atoms with van der Waals surface area (Å²) in [5.41, 5.74) is 0.662. The van der Waals surface area contributed by atoms with E-state index < -0.39 is 0 Å². The van der Waals surface area contributed by atoms with Crippen LogP contribution in [-0.4, -0.2) is 36.0 Å². The van der Waals surface area contributed by atoms with Gasteiger partial charge in [-0.1, -0.05) is 43.2 Å². The zero-order valence-corrected chi connectivity index (χ0v) is 16.3. The maximum atomic E-state index is 13.5. The van der Waals surface area contributed by atoms with Crippen molar-refractivity contribution in [3.63, 3.8) is 0 Å². The van der Waals surface area contributed by atoms with E-state index in [2.05, 4.69) is 10.2 Å². The molecule has 1 heterocycles. The molecule has 2 aromatic rings. The summed E-state index contributed by atoms with van der Waals surface area (Å²) in [6.07, 6.45) is 5.70. The lowest BCUT2D eigenvalue weighted by Crippen LogP contribution is -2.47. The minimum atomic E-state index is 0. The number of nitrogens with zero attached hydrogens (tertiary/aromatic N) is 1. The second-order valence-corrected chi connectivity index (χ2v) is 7.21. The van der Waals surface area contributed by atoms with Crippen molar-refractivity contribution in [1.29, 1.82) is 0 Å². The van der Waals surface area contributed by atoms with Crippen LogP contribution in [0.1, 0.15) is 42.5 Å². The van der Waals surface area contributed by atoms with Crippen LogP contribution < -0.4 is 10.1 Å². The number of nitrogens with one attached hydrogen (secondary N) is 1. The molecule has 1 amide bonds. The van der Waals surface area contributed by atoms with Crippen LogP contribution in [0.15, 0.2) is 54.6 Å². The van der Waals surface area contributed by atoms with Gasteiger partial charge in [0.25, 0.3) is 5.91 Å². The zero-order chi connectivity index (χ0) is 17.8. The van der Waals surface area contributed by atoms with E-state index in [1.165, 1.54) is 12.8 Å². The van der Waals surface area contributed by atoms with E-state index in [1.54, 1.807) is 0 Å². The van der Waals surface area contributed by atoms with Crippen LogP contribution in [0.2, 0.25) is 0 Å². The number of carbonyl (C=O) groups excluding carboxylic acids is 1. The van der Waals surface area contributed by atoms with Gasteiger partial charge in [-0.05, 0) is 50.1 Å². The summed E-state index contributed by atoms with van der Waals surface area (Å²) in [6, 6.07) is 17.9. The van der Waals surface area contributed by atoms with Crippen LogP contribution in [0.5, 0.6) is 11.5 Å². The highest BCUT2D eigenvalue weighted by atomic mass is 35.5. The Morgan fingerprint density at radius 2 is 1.63 bits per heavy atom. The Balaban J connectivity index is 0.00000210. The number of rotatable bonds is 5. The Kier molecular flexibility index (Phi) is 6.75. The Morgan fingerprint density at radius 3 is 2.33 bits per heavy atom. The van der Waals surface area contributed by atoms with Crippen molar-refractivity contribution in [2.45, 2.75) is 44.2 Å². The molecule has 1 saturated carbocycles. The molecule has 2 fully saturated rings. The van der Waals surface area contributed by atoms with Gasteiger partial charge < -0.3 is 15.0 Å². The smallest absolute Gasteiger partial charge is 0.258 e. The highest BCUT2D eigenvalue weighted by Crippen LogP contribution is 2.32. The van der Waals surface area contributed by atoms with Gasteiger partial charge in [0, 0.05) is 18.6 Å². The number of hydrogen-bond donors (Lipinski definition) is 1. The summed E-state index contributed by atoms with van der Waals surface area (Å²) in [5.74, 6) is 1.50. The second-order valence-electron chi connectivity index (χ2n) is 7.21. The minimum Gasteiger partial charge on any atom is -0.457 e. The van der Waals surface area contributed by atoms with Crippen LogP contribution in [0, 0.1) is 0 Å². The van der Waals surface area contributed by atoms with Crippen LogP contribution in [0.4, 0.5) is 0 Å². The second kappa shape index (κ2) is 9.25. The van der Waals surface area contributed by atoms with Crippen molar-refractivity contribution in [3.8, 4) is 11.5 Å². The molecule has 5 heteroatoms. The predicted molar refractivity (Wildman–Crippen MR) is 110 cm³/mol. The van der Waals surface area contributed by atoms with Gasteiger partial charge in [-0.25, -0.2) is 0 Å². The lowest BCUT2D eigenvalue weighted by Gasteiger charge is -2.34. The van der Waals surface area contributed by atoms with E-state index in [4.69, 9.17) is 4.74 Å². The maximum Gasteiger partial charge on any atom is 0.258 e. The summed E-state index contributed by atoms with van der Waals surface area (Å²) in [7, 11) is 0. The zero-order valence-electron chi connectivity index (χ0n) is 15.5. The third-order valence-corrected chi connectivity index (χ3v) is 5.47. The number of halogens is 1. The Morgan fingerprint density at radius 1 is 0.926 bits per heavy atom. The first kappa shape index (κ1) is 19.7. The van der Waals surface area contributed by atoms with Gasteiger partial charge in [0.15, 0.2) is 0 Å². The Labute approximate surface area is 167 Å². The molecule has 2 aromatic carbocycles. The molecule has 0 unspecified atom stereocenters. The molecule has 1 atom stereocenters. The molecule has 2 aliphatic rings. The fourth-order valence-corrected chi connectivity index (χ4v) is 4.18. The van der Waals surface area contributed by atoms with E-state index in [0.29, 0.717) is 17.4 Å². The van der Waals surface area contributed by atoms with Gasteiger partial charge in [0.2, 0.25) is 0 Å². The number of para-hydroxylation sites is 2. The summed E-state index contributed by atoms with van der Waals surface area (Å²) >= 11 is 0. The van der Waals surface area contributed by atoms with Crippen LogP contribution in [0.3, 0.4) is 0 Å². The summed E-state index contributed by atoms with van der Waals surface area (Å²) in [6.45, 7) is 1.88. The highest BCUT2D eigenvalue weighted by Gasteiger charge is 2.35. The van der Waals surface area contributed by atoms with Gasteiger partial charge in [0.1, 0.15) is 11.5 Å². The Hall–Kier alpha value is -2.04. The van der Waals surface area contributed by atoms with E-state index in [1.807, 2.05) is 54.6 Å². The van der Waals surface area contributed by atoms with Crippen molar-refractivity contribution < 1.29 is 9.53 Å². The lowest BCUT2D eigenvalue weighted by molar-refractivity contribution is 0.0592. The SMILES string of the molecule is Cl.O=C(c1ccccc1Oc1ccccc1)N(C1CCCC1)[C@H]1CCNC1. The maximum absolute atomic E-state index is 13.5. The van der Waals surface area contributed by atoms with Gasteiger partial charge >= 0.3 is 0 Å². The molecule has 1 aliphatic carbocycles. The van der Waals surface area contributed by atoms with E-state index in [0.717, 1.165) is 38.1 Å². The molecule has 0 radical (unpaired) electrons. The molecule has 144 valence electrons. The molecular weight excluding hydrogens is 360 g/mol. The molecule has 0 aromatic heterocycles. The van der Waals surface area contributed by atoms with Crippen LogP contribution in [-0.2, 0) is 0 Å². The predicted octanol–water partition coefficient (Wildman–Crippen LogP) is 4.65. The fraction of sp³-hybridized carbons (Fsp3) is 0.409. The molecule has 0 bridgehead atoms. The number of amides is 1. The fourth-order valence-electron chi connectivity index (χ4n) is 4.18. The van der Waals surface area contributed by atoms with Crippen LogP contribution >= 0.6 is 12.4 Å². The number of benzene rings is 2. The van der Waals surface area contributed by atoms with Gasteiger partial charge in [-0.2, -0.15) is 0 Å². The normalized spacial score (nSPS) is 19.5. The monoisotopic (exact) mass is 386 g/mol. The van der Waals surface area contributed by atoms with Crippen molar-refractivity contribution >= 4 is 18.3 Å². The molecular formula is C22H27ClN2O2. The van der Waals surface area contributed by atoms with Gasteiger partial charge in [-0.3, -0.25) is 4.79 Å². The molecule has 1 N–H and O–H groups in total. The van der Waals surface area contributed by atoms with E-state index in [-0.39, 0.29) is 24.4 Å². The molecule has 0 spiro atoms. The van der Waals surface area contributed by atoms with Crippen molar-refractivity contribution in [3.05, 3.63) is 60.2 Å². The standard InChI is InChI=1S/C22H26N2O2.ClH/c25-22(24(17-8-4-5-9-17)18-14-15-23-16-18)20-12-6-7-13-21(20)26-19-10-2-1-3-11-19;/h1-3,6-7,10-13,17-18,23H,4-5,8-9,14-16H2;1H/t18-;/m0./s1. The third-order valence-electron chi connectivity index (χ3n) is 5.47. The molecule has 27 heavy (non-hydrogen) atoms. The number of carbonyl (C=O) groups is 1. The van der Waals surface area contributed by atoms with Crippen LogP contribution in [0.25, 0.3) is 0 Å². The molecule has 1 saturated heterocycles. The van der Waals surface area contributed by atoms with E-state index >= 15 is 0 Å². The van der Waals surface area contributed by atoms with Gasteiger partial charge in [0.05, 0.1) is 5.56 Å². The topological polar surface area (TPSA) is 41.6 Å². The van der Waals surface area contributed by atoms with Crippen molar-refractivity contribution in [1.82, 2.24) is 10.2 Å². The number of ether oxygens (including phenoxy) is 1. The largest absolute Gasteiger partial charge is 0.457 e. The molecule has 4 rings (SSSR count). The molecule has 1 aliphatic heterocycles. The first-order chi connectivity index (χ1) is 12.8. The molecule has 4 nitrogen and oxygen atoms in total. The lowest BCUT2D eigenvalue weighted by atomic mass is 10.1. The summed E-state index contributed by atoms with van der Waals surface area (Å²) < 4.78 is 6.04. The van der Waals surface area contributed by atoms with Crippen molar-refractivity contribution in [2.24, 2.45) is 0 Å². The summed E-state index contributed by atoms with van der Waals surface area (Å²) in [4.78, 5) is 15.7. The average Bonchev–Trinajstić information content (AvgIpc) is 3.38. The van der Waals surface area contributed by atoms with Crippen molar-refractivity contribution in [2.75, 3.05) is 13.1 Å². The average molecular weight is 387 g/mol. The minimum absolute atomic E-state index is 0. The summed E-state index contributed by atoms with van der Waals surface area (Å²) in [5, 5.41) is 3.41. The Bertz CT molecular complexity index is 725. The first-order valence-corrected chi connectivity index (χ1v) is 9.68. The first-order valence-electron chi connectivity index (χ1n) is 9.68. The van der Waals surface area contributed by atoms with Gasteiger partial charge in [-0.15, -0.1) is 12.4 Å². The number of hydrogen-bond acceptors (Lipinski definition) is 3. The third kappa shape index (κ3) is 4.45. The van der Waals surface area contributed by atoms with E-state index in [9.17, 15) is 4.79 Å². The quantitative estimate of drug-likeness (QED) is 0.813.